The number of hydrogen-bond donors (Lipinski definition) is 1. The van der Waals surface area contributed by atoms with Gasteiger partial charge in [-0.2, -0.15) is 13.2 Å². The van der Waals surface area contributed by atoms with Gasteiger partial charge >= 0.3 is 12.2 Å². The van der Waals surface area contributed by atoms with Gasteiger partial charge in [0.2, 0.25) is 0 Å². The summed E-state index contributed by atoms with van der Waals surface area (Å²) in [5.41, 5.74) is 1.21. The lowest BCUT2D eigenvalue weighted by atomic mass is 10.0. The highest BCUT2D eigenvalue weighted by atomic mass is 19.4. The van der Waals surface area contributed by atoms with Gasteiger partial charge in [-0.3, -0.25) is 14.9 Å². The zero-order chi connectivity index (χ0) is 23.8. The van der Waals surface area contributed by atoms with Gasteiger partial charge in [-0.05, 0) is 60.4 Å². The molecule has 0 saturated carbocycles. The van der Waals surface area contributed by atoms with E-state index in [2.05, 4.69) is 11.8 Å². The lowest BCUT2D eigenvalue weighted by Gasteiger charge is -2.27. The van der Waals surface area contributed by atoms with E-state index in [-0.39, 0.29) is 11.3 Å². The summed E-state index contributed by atoms with van der Waals surface area (Å²) in [5, 5.41) is 2.04. The Bertz CT molecular complexity index is 1160. The van der Waals surface area contributed by atoms with Crippen LogP contribution in [0.15, 0.2) is 48.0 Å². The molecule has 9 heteroatoms. The van der Waals surface area contributed by atoms with E-state index in [1.807, 2.05) is 17.4 Å². The molecule has 4 rings (SSSR count). The Balaban J connectivity index is 1.64. The first kappa shape index (κ1) is 22.6. The molecule has 33 heavy (non-hydrogen) atoms. The van der Waals surface area contributed by atoms with Gasteiger partial charge in [-0.25, -0.2) is 9.69 Å². The Kier molecular flexibility index (Phi) is 5.97. The fourth-order valence-corrected chi connectivity index (χ4v) is 4.04. The number of halogens is 3. The molecule has 0 radical (unpaired) electrons. The van der Waals surface area contributed by atoms with Gasteiger partial charge in [-0.15, -0.1) is 0 Å². The van der Waals surface area contributed by atoms with Crippen molar-refractivity contribution in [2.24, 2.45) is 0 Å². The van der Waals surface area contributed by atoms with Gasteiger partial charge < -0.3 is 4.90 Å². The topological polar surface area (TPSA) is 69.7 Å². The number of carbonyl (C=O) groups is 3. The highest BCUT2D eigenvalue weighted by Gasteiger charge is 2.38. The second-order valence-electron chi connectivity index (χ2n) is 7.98. The summed E-state index contributed by atoms with van der Waals surface area (Å²) in [6.07, 6.45) is -0.270. The van der Waals surface area contributed by atoms with Crippen LogP contribution in [-0.2, 0) is 22.2 Å². The fourth-order valence-electron chi connectivity index (χ4n) is 4.04. The fraction of sp³-hybridized carbons (Fsp3) is 0.292. The maximum Gasteiger partial charge on any atom is 0.416 e. The summed E-state index contributed by atoms with van der Waals surface area (Å²) in [5.74, 6) is -1.87. The summed E-state index contributed by atoms with van der Waals surface area (Å²) in [6.45, 7) is 3.98. The lowest BCUT2D eigenvalue weighted by Crippen LogP contribution is -2.54. The molecule has 172 valence electrons. The van der Waals surface area contributed by atoms with Crippen LogP contribution in [0.25, 0.3) is 6.08 Å². The van der Waals surface area contributed by atoms with Crippen LogP contribution in [0.1, 0.15) is 36.5 Å². The third-order valence-electron chi connectivity index (χ3n) is 5.72. The molecule has 1 fully saturated rings. The summed E-state index contributed by atoms with van der Waals surface area (Å²) in [6, 6.07) is 8.36. The van der Waals surface area contributed by atoms with Crippen molar-refractivity contribution in [2.45, 2.75) is 32.4 Å². The number of benzene rings is 2. The standard InChI is InChI=1S/C24H22F3N3O3/c1-2-3-10-29-11-9-16-12-15(7-8-20(16)29)13-19-21(31)28-23(33)30(22(19)32)18-6-4-5-17(14-18)24(25,26)27/h4-8,12-14H,2-3,9-11H2,1H3,(H,28,31,33). The Morgan fingerprint density at radius 1 is 1.09 bits per heavy atom. The molecule has 2 aliphatic heterocycles. The molecule has 2 heterocycles. The Morgan fingerprint density at radius 3 is 2.61 bits per heavy atom. The van der Waals surface area contributed by atoms with Crippen molar-refractivity contribution in [3.8, 4) is 0 Å². The molecule has 2 aliphatic rings. The number of nitrogens with zero attached hydrogens (tertiary/aromatic N) is 2. The van der Waals surface area contributed by atoms with Gasteiger partial charge in [0.1, 0.15) is 5.57 Å². The van der Waals surface area contributed by atoms with E-state index in [0.717, 1.165) is 55.7 Å². The third-order valence-corrected chi connectivity index (χ3v) is 5.72. The molecule has 2 aromatic rings. The predicted molar refractivity (Wildman–Crippen MR) is 118 cm³/mol. The number of barbiturate groups is 1. The first-order chi connectivity index (χ1) is 15.7. The van der Waals surface area contributed by atoms with Crippen LogP contribution >= 0.6 is 0 Å². The van der Waals surface area contributed by atoms with Crippen LogP contribution < -0.4 is 15.1 Å². The zero-order valence-electron chi connectivity index (χ0n) is 17.9. The molecule has 1 saturated heterocycles. The van der Waals surface area contributed by atoms with E-state index in [1.54, 1.807) is 6.07 Å². The van der Waals surface area contributed by atoms with E-state index < -0.39 is 29.6 Å². The molecular weight excluding hydrogens is 435 g/mol. The van der Waals surface area contributed by atoms with Gasteiger partial charge in [-0.1, -0.05) is 25.5 Å². The number of rotatable bonds is 5. The highest BCUT2D eigenvalue weighted by molar-refractivity contribution is 6.39. The average molecular weight is 457 g/mol. The van der Waals surface area contributed by atoms with Crippen LogP contribution in [0.4, 0.5) is 29.3 Å². The van der Waals surface area contributed by atoms with Crippen LogP contribution in [-0.4, -0.2) is 30.9 Å². The van der Waals surface area contributed by atoms with Crippen molar-refractivity contribution in [3.05, 3.63) is 64.7 Å². The number of imide groups is 2. The van der Waals surface area contributed by atoms with Gasteiger partial charge in [0.15, 0.2) is 0 Å². The number of hydrogen-bond acceptors (Lipinski definition) is 4. The second-order valence-corrected chi connectivity index (χ2v) is 7.98. The number of carbonyl (C=O) groups excluding carboxylic acids is 3. The Hall–Kier alpha value is -3.62. The minimum absolute atomic E-state index is 0.272. The maximum absolute atomic E-state index is 13.1. The SMILES string of the molecule is CCCCN1CCc2cc(C=C3C(=O)NC(=O)N(c4cccc(C(F)(F)F)c4)C3=O)ccc21. The lowest BCUT2D eigenvalue weighted by molar-refractivity contribution is -0.137. The first-order valence-corrected chi connectivity index (χ1v) is 10.7. The van der Waals surface area contributed by atoms with E-state index >= 15 is 0 Å². The third kappa shape index (κ3) is 4.48. The quantitative estimate of drug-likeness (QED) is 0.529. The number of nitrogens with one attached hydrogen (secondary N) is 1. The summed E-state index contributed by atoms with van der Waals surface area (Å²) < 4.78 is 39.3. The summed E-state index contributed by atoms with van der Waals surface area (Å²) >= 11 is 0. The summed E-state index contributed by atoms with van der Waals surface area (Å²) in [4.78, 5) is 40.5. The van der Waals surface area contributed by atoms with Crippen LogP contribution in [0, 0.1) is 0 Å². The monoisotopic (exact) mass is 457 g/mol. The van der Waals surface area contributed by atoms with E-state index in [9.17, 15) is 27.6 Å². The largest absolute Gasteiger partial charge is 0.416 e. The number of amides is 4. The number of unbranched alkanes of at least 4 members (excludes halogenated alkanes) is 1. The number of anilines is 2. The molecule has 0 unspecified atom stereocenters. The molecule has 0 aromatic heterocycles. The molecule has 0 bridgehead atoms. The van der Waals surface area contributed by atoms with Crippen molar-refractivity contribution in [3.63, 3.8) is 0 Å². The first-order valence-electron chi connectivity index (χ1n) is 10.7. The number of alkyl halides is 3. The van der Waals surface area contributed by atoms with Crippen molar-refractivity contribution < 1.29 is 27.6 Å². The van der Waals surface area contributed by atoms with Crippen molar-refractivity contribution in [1.82, 2.24) is 5.32 Å². The molecule has 0 atom stereocenters. The van der Waals surface area contributed by atoms with Crippen molar-refractivity contribution in [2.75, 3.05) is 22.9 Å². The minimum Gasteiger partial charge on any atom is -0.371 e. The molecular formula is C24H22F3N3O3. The van der Waals surface area contributed by atoms with E-state index in [1.165, 1.54) is 12.1 Å². The van der Waals surface area contributed by atoms with E-state index in [4.69, 9.17) is 0 Å². The number of urea groups is 1. The molecule has 6 nitrogen and oxygen atoms in total. The van der Waals surface area contributed by atoms with Crippen LogP contribution in [0.3, 0.4) is 0 Å². The molecule has 0 aliphatic carbocycles. The number of fused-ring (bicyclic) bond motifs is 1. The molecule has 0 spiro atoms. The molecule has 4 amide bonds. The predicted octanol–water partition coefficient (Wildman–Crippen LogP) is 4.53. The Labute approximate surface area is 188 Å². The molecule has 2 aromatic carbocycles. The smallest absolute Gasteiger partial charge is 0.371 e. The van der Waals surface area contributed by atoms with Crippen LogP contribution in [0.2, 0.25) is 0 Å². The second kappa shape index (κ2) is 8.73. The van der Waals surface area contributed by atoms with Crippen molar-refractivity contribution in [1.29, 1.82) is 0 Å². The average Bonchev–Trinajstić information content (AvgIpc) is 3.17. The van der Waals surface area contributed by atoms with Crippen LogP contribution in [0.5, 0.6) is 0 Å². The van der Waals surface area contributed by atoms with Crippen molar-refractivity contribution >= 4 is 35.3 Å². The minimum atomic E-state index is -4.64. The Morgan fingerprint density at radius 2 is 1.88 bits per heavy atom. The maximum atomic E-state index is 13.1. The van der Waals surface area contributed by atoms with E-state index in [0.29, 0.717) is 16.5 Å². The van der Waals surface area contributed by atoms with Gasteiger partial charge in [0, 0.05) is 18.8 Å². The van der Waals surface area contributed by atoms with Gasteiger partial charge in [0.25, 0.3) is 11.8 Å². The zero-order valence-corrected chi connectivity index (χ0v) is 17.9. The normalized spacial score (nSPS) is 17.6. The van der Waals surface area contributed by atoms with Gasteiger partial charge in [0.05, 0.1) is 11.3 Å². The highest BCUT2D eigenvalue weighted by Crippen LogP contribution is 2.33. The molecule has 1 N–H and O–H groups in total. The summed E-state index contributed by atoms with van der Waals surface area (Å²) in [7, 11) is 0.